The second-order valence-corrected chi connectivity index (χ2v) is 5.07. The first-order valence-electron chi connectivity index (χ1n) is 4.38. The highest BCUT2D eigenvalue weighted by molar-refractivity contribution is 7.89. The third kappa shape index (κ3) is 1.62. The van der Waals surface area contributed by atoms with Crippen LogP contribution in [0.5, 0.6) is 0 Å². The average Bonchev–Trinajstić information content (AvgIpc) is 2.45. The third-order valence-corrected chi connectivity index (χ3v) is 3.12. The van der Waals surface area contributed by atoms with Crippen molar-refractivity contribution in [3.8, 4) is 0 Å². The molecule has 0 saturated heterocycles. The Labute approximate surface area is 87.3 Å². The molecule has 1 heterocycles. The number of fused-ring (bicyclic) bond motifs is 1. The van der Waals surface area contributed by atoms with E-state index < -0.39 is 10.0 Å². The molecule has 2 rings (SSSR count). The van der Waals surface area contributed by atoms with Crippen molar-refractivity contribution in [2.24, 2.45) is 5.14 Å². The molecule has 1 aromatic carbocycles. The highest BCUT2D eigenvalue weighted by Gasteiger charge is 2.16. The zero-order valence-corrected chi connectivity index (χ0v) is 9.22. The molecule has 0 spiro atoms. The van der Waals surface area contributed by atoms with Gasteiger partial charge in [0.1, 0.15) is 0 Å². The fourth-order valence-electron chi connectivity index (χ4n) is 1.67. The summed E-state index contributed by atoms with van der Waals surface area (Å²) in [4.78, 5) is 0. The van der Waals surface area contributed by atoms with E-state index in [4.69, 9.17) is 5.14 Å². The first-order chi connectivity index (χ1) is 6.89. The normalized spacial score (nSPS) is 12.2. The largest absolute Gasteiger partial charge is 0.265 e. The van der Waals surface area contributed by atoms with E-state index in [0.717, 1.165) is 11.1 Å². The number of aromatic amines is 1. The molecule has 0 bridgehead atoms. The molecule has 0 aliphatic rings. The summed E-state index contributed by atoms with van der Waals surface area (Å²) in [5.74, 6) is 0. The Balaban J connectivity index is 2.92. The van der Waals surface area contributed by atoms with Gasteiger partial charge >= 0.3 is 0 Å². The van der Waals surface area contributed by atoms with Gasteiger partial charge in [-0.05, 0) is 25.5 Å². The smallest absolute Gasteiger partial charge is 0.255 e. The number of hydrogen-bond donors (Lipinski definition) is 2. The van der Waals surface area contributed by atoms with Crippen LogP contribution in [0.3, 0.4) is 0 Å². The fraction of sp³-hybridized carbons (Fsp3) is 0.222. The summed E-state index contributed by atoms with van der Waals surface area (Å²) in [6.45, 7) is 3.77. The Morgan fingerprint density at radius 3 is 2.60 bits per heavy atom. The van der Waals surface area contributed by atoms with Crippen molar-refractivity contribution in [2.45, 2.75) is 18.9 Å². The molecule has 0 aliphatic carbocycles. The second kappa shape index (κ2) is 3.04. The minimum Gasteiger partial charge on any atom is -0.265 e. The van der Waals surface area contributed by atoms with Gasteiger partial charge in [0.25, 0.3) is 10.0 Å². The van der Waals surface area contributed by atoms with E-state index in [1.165, 1.54) is 0 Å². The van der Waals surface area contributed by atoms with Crippen LogP contribution in [-0.4, -0.2) is 18.6 Å². The Hall–Kier alpha value is -1.40. The molecule has 6 heteroatoms. The van der Waals surface area contributed by atoms with Crippen LogP contribution in [-0.2, 0) is 10.0 Å². The molecule has 2 aromatic rings. The Morgan fingerprint density at radius 1 is 1.33 bits per heavy atom. The molecule has 0 unspecified atom stereocenters. The molecule has 15 heavy (non-hydrogen) atoms. The summed E-state index contributed by atoms with van der Waals surface area (Å²) in [7, 11) is -3.74. The van der Waals surface area contributed by atoms with Crippen molar-refractivity contribution in [3.05, 3.63) is 23.3 Å². The number of sulfonamides is 1. The number of rotatable bonds is 1. The van der Waals surface area contributed by atoms with Crippen molar-refractivity contribution in [1.29, 1.82) is 0 Å². The van der Waals surface area contributed by atoms with Crippen LogP contribution in [0.2, 0.25) is 0 Å². The molecule has 5 nitrogen and oxygen atoms in total. The summed E-state index contributed by atoms with van der Waals surface area (Å²) in [6.07, 6.45) is 0. The van der Waals surface area contributed by atoms with Crippen LogP contribution in [0, 0.1) is 13.8 Å². The van der Waals surface area contributed by atoms with Crippen LogP contribution in [0.1, 0.15) is 11.1 Å². The lowest BCUT2D eigenvalue weighted by molar-refractivity contribution is 0.594. The molecule has 0 fully saturated rings. The van der Waals surface area contributed by atoms with Crippen LogP contribution in [0.4, 0.5) is 0 Å². The van der Waals surface area contributed by atoms with Gasteiger partial charge in [-0.2, -0.15) is 5.10 Å². The van der Waals surface area contributed by atoms with Gasteiger partial charge in [0.15, 0.2) is 5.03 Å². The summed E-state index contributed by atoms with van der Waals surface area (Å²) >= 11 is 0. The summed E-state index contributed by atoms with van der Waals surface area (Å²) < 4.78 is 22.5. The number of aryl methyl sites for hydroxylation is 2. The molecule has 3 N–H and O–H groups in total. The van der Waals surface area contributed by atoms with Gasteiger partial charge in [-0.25, -0.2) is 13.6 Å². The van der Waals surface area contributed by atoms with Crippen LogP contribution < -0.4 is 5.14 Å². The fourth-order valence-corrected chi connectivity index (χ4v) is 2.30. The van der Waals surface area contributed by atoms with Crippen LogP contribution >= 0.6 is 0 Å². The first-order valence-corrected chi connectivity index (χ1v) is 5.92. The topological polar surface area (TPSA) is 88.8 Å². The Morgan fingerprint density at radius 2 is 2.00 bits per heavy atom. The van der Waals surface area contributed by atoms with Crippen LogP contribution in [0.15, 0.2) is 17.2 Å². The summed E-state index contributed by atoms with van der Waals surface area (Å²) in [5.41, 5.74) is 2.55. The van der Waals surface area contributed by atoms with Gasteiger partial charge in [-0.1, -0.05) is 11.6 Å². The Kier molecular flexibility index (Phi) is 2.06. The molecule has 1 aromatic heterocycles. The quantitative estimate of drug-likeness (QED) is 0.753. The molecule has 80 valence electrons. The highest BCUT2D eigenvalue weighted by atomic mass is 32.2. The maximum absolute atomic E-state index is 11.2. The van der Waals surface area contributed by atoms with Crippen molar-refractivity contribution >= 4 is 20.9 Å². The van der Waals surface area contributed by atoms with E-state index in [0.29, 0.717) is 10.9 Å². The van der Waals surface area contributed by atoms with Gasteiger partial charge in [-0.3, -0.25) is 5.10 Å². The molecule has 0 amide bonds. The number of benzene rings is 1. The number of hydrogen-bond acceptors (Lipinski definition) is 3. The first kappa shape index (κ1) is 10.1. The number of nitrogens with two attached hydrogens (primary N) is 1. The van der Waals surface area contributed by atoms with E-state index in [1.54, 1.807) is 6.07 Å². The van der Waals surface area contributed by atoms with Crippen molar-refractivity contribution in [2.75, 3.05) is 0 Å². The highest BCUT2D eigenvalue weighted by Crippen LogP contribution is 2.23. The number of primary sulfonamides is 1. The molecule has 0 radical (unpaired) electrons. The number of H-pyrrole nitrogens is 1. The third-order valence-electron chi connectivity index (χ3n) is 2.24. The van der Waals surface area contributed by atoms with Gasteiger partial charge in [0.05, 0.1) is 5.52 Å². The predicted octanol–water partition coefficient (Wildman–Crippen LogP) is 0.827. The maximum Gasteiger partial charge on any atom is 0.255 e. The van der Waals surface area contributed by atoms with E-state index in [1.807, 2.05) is 19.9 Å². The SMILES string of the molecule is Cc1cc(C)c2n[nH]c(S(N)(=O)=O)c2c1. The molecule has 0 saturated carbocycles. The standard InChI is InChI=1S/C9H11N3O2S/c1-5-3-6(2)8-7(4-5)9(12-11-8)15(10,13)14/h3-4H,1-2H3,(H,11,12)(H2,10,13,14). The molecular weight excluding hydrogens is 214 g/mol. The van der Waals surface area contributed by atoms with E-state index in [-0.39, 0.29) is 5.03 Å². The zero-order chi connectivity index (χ0) is 11.2. The summed E-state index contributed by atoms with van der Waals surface area (Å²) in [5, 5.41) is 12.0. The van der Waals surface area contributed by atoms with Crippen molar-refractivity contribution in [1.82, 2.24) is 10.2 Å². The molecular formula is C9H11N3O2S. The van der Waals surface area contributed by atoms with Gasteiger partial charge in [0.2, 0.25) is 0 Å². The maximum atomic E-state index is 11.2. The average molecular weight is 225 g/mol. The van der Waals surface area contributed by atoms with E-state index in [9.17, 15) is 8.42 Å². The lowest BCUT2D eigenvalue weighted by atomic mass is 10.1. The zero-order valence-electron chi connectivity index (χ0n) is 8.40. The van der Waals surface area contributed by atoms with Gasteiger partial charge in [-0.15, -0.1) is 0 Å². The van der Waals surface area contributed by atoms with E-state index in [2.05, 4.69) is 10.2 Å². The molecule has 0 atom stereocenters. The van der Waals surface area contributed by atoms with E-state index >= 15 is 0 Å². The lowest BCUT2D eigenvalue weighted by Crippen LogP contribution is -2.12. The second-order valence-electron chi connectivity index (χ2n) is 3.58. The van der Waals surface area contributed by atoms with Crippen LogP contribution in [0.25, 0.3) is 10.9 Å². The van der Waals surface area contributed by atoms with Gasteiger partial charge < -0.3 is 0 Å². The monoisotopic (exact) mass is 225 g/mol. The Bertz CT molecular complexity index is 628. The lowest BCUT2D eigenvalue weighted by Gasteiger charge is -1.98. The number of nitrogens with one attached hydrogen (secondary N) is 1. The molecule has 0 aliphatic heterocycles. The number of aromatic nitrogens is 2. The van der Waals surface area contributed by atoms with Crippen molar-refractivity contribution < 1.29 is 8.42 Å². The number of nitrogens with zero attached hydrogens (tertiary/aromatic N) is 1. The summed E-state index contributed by atoms with van der Waals surface area (Å²) in [6, 6.07) is 3.70. The minimum atomic E-state index is -3.74. The predicted molar refractivity (Wildman–Crippen MR) is 56.9 cm³/mol. The van der Waals surface area contributed by atoms with Crippen molar-refractivity contribution in [3.63, 3.8) is 0 Å². The minimum absolute atomic E-state index is 0.0238. The van der Waals surface area contributed by atoms with Gasteiger partial charge in [0, 0.05) is 5.39 Å².